The highest BCUT2D eigenvalue weighted by atomic mass is 79.9. The number of amides is 1. The lowest BCUT2D eigenvalue weighted by Gasteiger charge is -2.10. The van der Waals surface area contributed by atoms with Crippen LogP contribution in [0, 0.1) is 0 Å². The molecule has 0 unspecified atom stereocenters. The van der Waals surface area contributed by atoms with Crippen LogP contribution in [0.4, 0.5) is 5.69 Å². The number of rotatable bonds is 4. The van der Waals surface area contributed by atoms with Crippen LogP contribution in [-0.4, -0.2) is 26.1 Å². The molecule has 0 aromatic heterocycles. The Morgan fingerprint density at radius 1 is 1.09 bits per heavy atom. The molecule has 2 aromatic rings. The molecule has 0 spiro atoms. The van der Waals surface area contributed by atoms with Gasteiger partial charge in [0.25, 0.3) is 5.91 Å². The summed E-state index contributed by atoms with van der Waals surface area (Å²) in [5.41, 5.74) is 1.03. The molecule has 0 radical (unpaired) electrons. The van der Waals surface area contributed by atoms with E-state index in [9.17, 15) is 9.59 Å². The van der Waals surface area contributed by atoms with Gasteiger partial charge in [-0.25, -0.2) is 4.79 Å². The van der Waals surface area contributed by atoms with Gasteiger partial charge in [0, 0.05) is 5.56 Å². The van der Waals surface area contributed by atoms with Gasteiger partial charge in [-0.2, -0.15) is 0 Å². The van der Waals surface area contributed by atoms with Gasteiger partial charge >= 0.3 is 5.97 Å². The van der Waals surface area contributed by atoms with Crippen LogP contribution >= 0.6 is 27.5 Å². The van der Waals surface area contributed by atoms with Crippen molar-refractivity contribution in [1.29, 1.82) is 0 Å². The van der Waals surface area contributed by atoms with Crippen LogP contribution in [0.25, 0.3) is 0 Å². The van der Waals surface area contributed by atoms with Crippen molar-refractivity contribution in [1.82, 2.24) is 0 Å². The number of ether oxygens (including phenoxy) is 2. The van der Waals surface area contributed by atoms with Gasteiger partial charge in [-0.1, -0.05) is 11.6 Å². The molecule has 0 heterocycles. The lowest BCUT2D eigenvalue weighted by Crippen LogP contribution is -2.13. The summed E-state index contributed by atoms with van der Waals surface area (Å²) < 4.78 is 10.4. The van der Waals surface area contributed by atoms with Gasteiger partial charge in [-0.3, -0.25) is 4.79 Å². The SMILES string of the molecule is COC(=O)c1ccc(Cl)c(NC(=O)c2ccc(OC)c(Br)c2)c1. The first kappa shape index (κ1) is 17.3. The first-order chi connectivity index (χ1) is 11.0. The normalized spacial score (nSPS) is 10.1. The van der Waals surface area contributed by atoms with Crippen LogP contribution in [0.1, 0.15) is 20.7 Å². The molecule has 120 valence electrons. The number of carbonyl (C=O) groups excluding carboxylic acids is 2. The molecule has 0 atom stereocenters. The number of hydrogen-bond acceptors (Lipinski definition) is 4. The minimum absolute atomic E-state index is 0.295. The Balaban J connectivity index is 2.26. The third-order valence-corrected chi connectivity index (χ3v) is 4.00. The van der Waals surface area contributed by atoms with Crippen LogP contribution < -0.4 is 10.1 Å². The lowest BCUT2D eigenvalue weighted by molar-refractivity contribution is 0.0600. The molecule has 2 rings (SSSR count). The molecule has 23 heavy (non-hydrogen) atoms. The van der Waals surface area contributed by atoms with Gasteiger partial charge < -0.3 is 14.8 Å². The summed E-state index contributed by atoms with van der Waals surface area (Å²) in [6.45, 7) is 0. The second-order valence-corrected chi connectivity index (χ2v) is 5.75. The van der Waals surface area contributed by atoms with Gasteiger partial charge in [0.05, 0.1) is 35.0 Å². The predicted octanol–water partition coefficient (Wildman–Crippen LogP) is 4.15. The number of halogens is 2. The molecule has 0 aliphatic carbocycles. The van der Waals surface area contributed by atoms with Crippen molar-refractivity contribution >= 4 is 45.1 Å². The van der Waals surface area contributed by atoms with Crippen LogP contribution in [0.3, 0.4) is 0 Å². The van der Waals surface area contributed by atoms with Crippen LogP contribution in [0.2, 0.25) is 5.02 Å². The molecule has 1 N–H and O–H groups in total. The predicted molar refractivity (Wildman–Crippen MR) is 91.4 cm³/mol. The highest BCUT2D eigenvalue weighted by Crippen LogP contribution is 2.27. The number of hydrogen-bond donors (Lipinski definition) is 1. The number of nitrogens with one attached hydrogen (secondary N) is 1. The van der Waals surface area contributed by atoms with Crippen LogP contribution in [0.5, 0.6) is 5.75 Å². The monoisotopic (exact) mass is 397 g/mol. The standard InChI is InChI=1S/C16H13BrClNO4/c1-22-14-6-4-9(7-11(14)17)15(20)19-13-8-10(16(21)23-2)3-5-12(13)18/h3-8H,1-2H3,(H,19,20). The average Bonchev–Trinajstić information content (AvgIpc) is 2.55. The summed E-state index contributed by atoms with van der Waals surface area (Å²) in [7, 11) is 2.82. The van der Waals surface area contributed by atoms with Crippen molar-refractivity contribution in [3.05, 3.63) is 57.0 Å². The number of methoxy groups -OCH3 is 2. The van der Waals surface area contributed by atoms with E-state index in [4.69, 9.17) is 16.3 Å². The number of benzene rings is 2. The van der Waals surface area contributed by atoms with Gasteiger partial charge in [0.15, 0.2) is 0 Å². The second-order valence-electron chi connectivity index (χ2n) is 4.49. The van der Waals surface area contributed by atoms with Crippen molar-refractivity contribution < 1.29 is 19.1 Å². The molecule has 0 fully saturated rings. The average molecular weight is 399 g/mol. The van der Waals surface area contributed by atoms with E-state index in [0.717, 1.165) is 0 Å². The lowest BCUT2D eigenvalue weighted by atomic mass is 10.1. The van der Waals surface area contributed by atoms with E-state index in [1.54, 1.807) is 18.2 Å². The van der Waals surface area contributed by atoms with Crippen molar-refractivity contribution in [3.63, 3.8) is 0 Å². The fourth-order valence-electron chi connectivity index (χ4n) is 1.87. The quantitative estimate of drug-likeness (QED) is 0.786. The first-order valence-electron chi connectivity index (χ1n) is 6.49. The van der Waals surface area contributed by atoms with E-state index < -0.39 is 5.97 Å². The van der Waals surface area contributed by atoms with E-state index >= 15 is 0 Å². The molecule has 7 heteroatoms. The van der Waals surface area contributed by atoms with E-state index in [0.29, 0.717) is 32.1 Å². The molecule has 0 aliphatic rings. The summed E-state index contributed by atoms with van der Waals surface area (Å²) in [5, 5.41) is 2.99. The van der Waals surface area contributed by atoms with E-state index in [2.05, 4.69) is 26.0 Å². The van der Waals surface area contributed by atoms with Crippen LogP contribution in [-0.2, 0) is 4.74 Å². The van der Waals surface area contributed by atoms with Crippen LogP contribution in [0.15, 0.2) is 40.9 Å². The Labute approximate surface area is 146 Å². The molecular formula is C16H13BrClNO4. The van der Waals surface area contributed by atoms with E-state index in [1.807, 2.05) is 0 Å². The zero-order valence-electron chi connectivity index (χ0n) is 12.4. The van der Waals surface area contributed by atoms with Crippen molar-refractivity contribution in [2.45, 2.75) is 0 Å². The third kappa shape index (κ3) is 4.03. The summed E-state index contributed by atoms with van der Waals surface area (Å²) in [6.07, 6.45) is 0. The fourth-order valence-corrected chi connectivity index (χ4v) is 2.57. The Bertz CT molecular complexity index is 764. The van der Waals surface area contributed by atoms with E-state index in [-0.39, 0.29) is 5.91 Å². The Morgan fingerprint density at radius 3 is 2.39 bits per heavy atom. The minimum Gasteiger partial charge on any atom is -0.496 e. The Morgan fingerprint density at radius 2 is 1.78 bits per heavy atom. The van der Waals surface area contributed by atoms with E-state index in [1.165, 1.54) is 32.4 Å². The number of carbonyl (C=O) groups is 2. The molecule has 2 aromatic carbocycles. The third-order valence-electron chi connectivity index (χ3n) is 3.05. The summed E-state index contributed by atoms with van der Waals surface area (Å²) >= 11 is 9.38. The molecule has 5 nitrogen and oxygen atoms in total. The molecule has 0 saturated carbocycles. The first-order valence-corrected chi connectivity index (χ1v) is 7.66. The molecule has 0 saturated heterocycles. The molecule has 0 bridgehead atoms. The summed E-state index contributed by atoms with van der Waals surface area (Å²) in [4.78, 5) is 23.9. The van der Waals surface area contributed by atoms with Gasteiger partial charge in [-0.15, -0.1) is 0 Å². The maximum atomic E-state index is 12.3. The van der Waals surface area contributed by atoms with Gasteiger partial charge in [-0.05, 0) is 52.3 Å². The van der Waals surface area contributed by atoms with Crippen molar-refractivity contribution in [2.75, 3.05) is 19.5 Å². The smallest absolute Gasteiger partial charge is 0.337 e. The number of anilines is 1. The zero-order chi connectivity index (χ0) is 17.0. The molecule has 1 amide bonds. The summed E-state index contributed by atoms with van der Waals surface area (Å²) in [5.74, 6) is -0.256. The Hall–Kier alpha value is -2.05. The van der Waals surface area contributed by atoms with Gasteiger partial charge in [0.1, 0.15) is 5.75 Å². The highest BCUT2D eigenvalue weighted by molar-refractivity contribution is 9.10. The Kier molecular flexibility index (Phi) is 5.63. The highest BCUT2D eigenvalue weighted by Gasteiger charge is 2.13. The zero-order valence-corrected chi connectivity index (χ0v) is 14.7. The van der Waals surface area contributed by atoms with Crippen molar-refractivity contribution in [3.8, 4) is 5.75 Å². The minimum atomic E-state index is -0.510. The fraction of sp³-hybridized carbons (Fsp3) is 0.125. The maximum absolute atomic E-state index is 12.3. The topological polar surface area (TPSA) is 64.6 Å². The molecular weight excluding hydrogens is 386 g/mol. The maximum Gasteiger partial charge on any atom is 0.337 e. The largest absolute Gasteiger partial charge is 0.496 e. The van der Waals surface area contributed by atoms with Gasteiger partial charge in [0.2, 0.25) is 0 Å². The summed E-state index contributed by atoms with van der Waals surface area (Å²) in [6, 6.07) is 9.43. The number of esters is 1. The second kappa shape index (κ2) is 7.48. The van der Waals surface area contributed by atoms with Crippen molar-refractivity contribution in [2.24, 2.45) is 0 Å². The molecule has 0 aliphatic heterocycles.